The number of hydrogen-bond acceptors (Lipinski definition) is 6. The lowest BCUT2D eigenvalue weighted by Gasteiger charge is -2.33. The van der Waals surface area contributed by atoms with Crippen LogP contribution < -0.4 is 10.2 Å². The molecule has 1 fully saturated rings. The summed E-state index contributed by atoms with van der Waals surface area (Å²) in [5, 5.41) is 6.82. The number of para-hydroxylation sites is 1. The Balaban J connectivity index is 1.43. The molecule has 0 radical (unpaired) electrons. The molecule has 2 heterocycles. The Hall–Kier alpha value is -2.39. The maximum absolute atomic E-state index is 13.0. The molecule has 0 bridgehead atoms. The topological polar surface area (TPSA) is 95.8 Å². The van der Waals surface area contributed by atoms with Gasteiger partial charge in [-0.15, -0.1) is 0 Å². The standard InChI is InChI=1S/C23H34N4O4S/c1-17(23(28)24-13-8-14-26(4)21-9-6-5-7-10-21)20-11-15-27(16-12-20)32(29,30)22-18(2)25-31-19(22)3/h5-7,9-10,17,20H,8,11-16H2,1-4H3,(H,24,28)/t17-/m1/s1. The molecule has 1 amide bonds. The lowest BCUT2D eigenvalue weighted by Crippen LogP contribution is -2.43. The molecule has 0 aliphatic carbocycles. The minimum absolute atomic E-state index is 0.0411. The summed E-state index contributed by atoms with van der Waals surface area (Å²) in [6.07, 6.45) is 2.18. The second kappa shape index (κ2) is 10.5. The first-order valence-electron chi connectivity index (χ1n) is 11.2. The fourth-order valence-corrected chi connectivity index (χ4v) is 6.06. The average molecular weight is 463 g/mol. The maximum Gasteiger partial charge on any atom is 0.248 e. The minimum Gasteiger partial charge on any atom is -0.375 e. The highest BCUT2D eigenvalue weighted by Crippen LogP contribution is 2.30. The van der Waals surface area contributed by atoms with Crippen molar-refractivity contribution in [2.75, 3.05) is 38.1 Å². The van der Waals surface area contributed by atoms with E-state index in [9.17, 15) is 13.2 Å². The fraction of sp³-hybridized carbons (Fsp3) is 0.565. The Morgan fingerprint density at radius 1 is 1.25 bits per heavy atom. The van der Waals surface area contributed by atoms with Crippen LogP contribution in [0.1, 0.15) is 37.6 Å². The number of nitrogens with zero attached hydrogens (tertiary/aromatic N) is 3. The monoisotopic (exact) mass is 462 g/mol. The van der Waals surface area contributed by atoms with E-state index in [1.165, 1.54) is 4.31 Å². The van der Waals surface area contributed by atoms with Crippen molar-refractivity contribution in [2.24, 2.45) is 11.8 Å². The first-order valence-corrected chi connectivity index (χ1v) is 12.6. The molecule has 32 heavy (non-hydrogen) atoms. The van der Waals surface area contributed by atoms with E-state index in [0.29, 0.717) is 43.9 Å². The van der Waals surface area contributed by atoms with Crippen molar-refractivity contribution >= 4 is 21.6 Å². The fourth-order valence-electron chi connectivity index (χ4n) is 4.30. The lowest BCUT2D eigenvalue weighted by molar-refractivity contribution is -0.126. The Bertz CT molecular complexity index is 979. The highest BCUT2D eigenvalue weighted by atomic mass is 32.2. The molecule has 1 atom stereocenters. The lowest BCUT2D eigenvalue weighted by atomic mass is 9.85. The summed E-state index contributed by atoms with van der Waals surface area (Å²) < 4.78 is 32.5. The zero-order valence-electron chi connectivity index (χ0n) is 19.4. The molecule has 0 saturated carbocycles. The molecule has 9 heteroatoms. The van der Waals surface area contributed by atoms with Crippen molar-refractivity contribution in [1.82, 2.24) is 14.8 Å². The van der Waals surface area contributed by atoms with E-state index in [2.05, 4.69) is 27.5 Å². The first kappa shape index (κ1) is 24.3. The number of piperidine rings is 1. The molecule has 1 aromatic heterocycles. The van der Waals surface area contributed by atoms with E-state index in [1.54, 1.807) is 13.8 Å². The van der Waals surface area contributed by atoms with Crippen molar-refractivity contribution in [1.29, 1.82) is 0 Å². The van der Waals surface area contributed by atoms with Crippen LogP contribution in [-0.4, -0.2) is 57.0 Å². The zero-order valence-corrected chi connectivity index (χ0v) is 20.2. The number of aromatic nitrogens is 1. The molecule has 1 saturated heterocycles. The third-order valence-corrected chi connectivity index (χ3v) is 8.50. The molecular weight excluding hydrogens is 428 g/mol. The summed E-state index contributed by atoms with van der Waals surface area (Å²) in [4.78, 5) is 15.0. The smallest absolute Gasteiger partial charge is 0.248 e. The van der Waals surface area contributed by atoms with Crippen molar-refractivity contribution < 1.29 is 17.7 Å². The summed E-state index contributed by atoms with van der Waals surface area (Å²) in [5.41, 5.74) is 1.54. The quantitative estimate of drug-likeness (QED) is 0.576. The molecule has 0 spiro atoms. The highest BCUT2D eigenvalue weighted by molar-refractivity contribution is 7.89. The first-order chi connectivity index (χ1) is 15.2. The number of carbonyl (C=O) groups excluding carboxylic acids is 1. The number of amides is 1. The third-order valence-electron chi connectivity index (χ3n) is 6.35. The van der Waals surface area contributed by atoms with Crippen LogP contribution in [0.5, 0.6) is 0 Å². The molecule has 2 aromatic rings. The molecule has 1 aromatic carbocycles. The predicted molar refractivity (Wildman–Crippen MR) is 124 cm³/mol. The summed E-state index contributed by atoms with van der Waals surface area (Å²) in [7, 11) is -1.58. The summed E-state index contributed by atoms with van der Waals surface area (Å²) in [5.74, 6) is 0.374. The van der Waals surface area contributed by atoms with Gasteiger partial charge in [0.2, 0.25) is 15.9 Å². The van der Waals surface area contributed by atoms with Gasteiger partial charge in [0.1, 0.15) is 10.6 Å². The van der Waals surface area contributed by atoms with Crippen molar-refractivity contribution in [2.45, 2.75) is 44.9 Å². The van der Waals surface area contributed by atoms with Gasteiger partial charge in [-0.25, -0.2) is 8.42 Å². The van der Waals surface area contributed by atoms with E-state index >= 15 is 0 Å². The van der Waals surface area contributed by atoms with E-state index in [0.717, 1.165) is 18.7 Å². The van der Waals surface area contributed by atoms with Gasteiger partial charge in [0, 0.05) is 44.8 Å². The third kappa shape index (κ3) is 5.50. The Morgan fingerprint density at radius 3 is 2.50 bits per heavy atom. The van der Waals surface area contributed by atoms with Gasteiger partial charge in [0.15, 0.2) is 5.76 Å². The summed E-state index contributed by atoms with van der Waals surface area (Å²) >= 11 is 0. The van der Waals surface area contributed by atoms with Crippen molar-refractivity contribution in [3.05, 3.63) is 41.8 Å². The predicted octanol–water partition coefficient (Wildman–Crippen LogP) is 2.97. The normalized spacial score (nSPS) is 16.6. The Labute approximate surface area is 191 Å². The molecule has 8 nitrogen and oxygen atoms in total. The van der Waals surface area contributed by atoms with E-state index in [1.807, 2.05) is 32.2 Å². The van der Waals surface area contributed by atoms with Gasteiger partial charge >= 0.3 is 0 Å². The molecular formula is C23H34N4O4S. The molecule has 1 aliphatic rings. The van der Waals surface area contributed by atoms with Gasteiger partial charge in [-0.1, -0.05) is 30.3 Å². The van der Waals surface area contributed by atoms with Crippen LogP contribution in [0.15, 0.2) is 39.8 Å². The second-order valence-corrected chi connectivity index (χ2v) is 10.5. The largest absolute Gasteiger partial charge is 0.375 e. The maximum atomic E-state index is 13.0. The van der Waals surface area contributed by atoms with Crippen LogP contribution in [0.4, 0.5) is 5.69 Å². The number of benzene rings is 1. The number of anilines is 1. The van der Waals surface area contributed by atoms with Crippen LogP contribution >= 0.6 is 0 Å². The molecule has 1 aliphatic heterocycles. The van der Waals surface area contributed by atoms with Crippen molar-refractivity contribution in [3.8, 4) is 0 Å². The van der Waals surface area contributed by atoms with E-state index in [-0.39, 0.29) is 22.6 Å². The summed E-state index contributed by atoms with van der Waals surface area (Å²) in [6, 6.07) is 10.2. The number of carbonyl (C=O) groups is 1. The minimum atomic E-state index is -3.63. The Morgan fingerprint density at radius 2 is 1.91 bits per heavy atom. The highest BCUT2D eigenvalue weighted by Gasteiger charge is 2.36. The molecule has 176 valence electrons. The van der Waals surface area contributed by atoms with Gasteiger partial charge in [-0.05, 0) is 51.2 Å². The van der Waals surface area contributed by atoms with E-state index < -0.39 is 10.0 Å². The van der Waals surface area contributed by atoms with Gasteiger partial charge in [-0.3, -0.25) is 4.79 Å². The second-order valence-electron chi connectivity index (χ2n) is 8.59. The molecule has 0 unspecified atom stereocenters. The summed E-state index contributed by atoms with van der Waals surface area (Å²) in [6.45, 7) is 7.47. The number of rotatable bonds is 9. The number of sulfonamides is 1. The molecule has 3 rings (SSSR count). The number of hydrogen-bond donors (Lipinski definition) is 1. The van der Waals surface area contributed by atoms with Gasteiger partial charge in [-0.2, -0.15) is 4.31 Å². The average Bonchev–Trinajstić information content (AvgIpc) is 3.15. The van der Waals surface area contributed by atoms with Crippen LogP contribution in [0.25, 0.3) is 0 Å². The van der Waals surface area contributed by atoms with Crippen molar-refractivity contribution in [3.63, 3.8) is 0 Å². The van der Waals surface area contributed by atoms with Crippen LogP contribution in [0.2, 0.25) is 0 Å². The van der Waals surface area contributed by atoms with Crippen LogP contribution in [0, 0.1) is 25.7 Å². The number of nitrogens with one attached hydrogen (secondary N) is 1. The van der Waals surface area contributed by atoms with Crippen LogP contribution in [0.3, 0.4) is 0 Å². The van der Waals surface area contributed by atoms with Gasteiger partial charge in [0.25, 0.3) is 0 Å². The van der Waals surface area contributed by atoms with E-state index in [4.69, 9.17) is 4.52 Å². The van der Waals surface area contributed by atoms with Crippen LogP contribution in [-0.2, 0) is 14.8 Å². The zero-order chi connectivity index (χ0) is 23.3. The van der Waals surface area contributed by atoms with Gasteiger partial charge in [0.05, 0.1) is 0 Å². The number of aryl methyl sites for hydroxylation is 2. The van der Waals surface area contributed by atoms with Gasteiger partial charge < -0.3 is 14.7 Å². The SMILES string of the molecule is Cc1noc(C)c1S(=O)(=O)N1CCC([C@@H](C)C(=O)NCCCN(C)c2ccccc2)CC1. The Kier molecular flexibility index (Phi) is 7.95. The molecule has 1 N–H and O–H groups in total.